The van der Waals surface area contributed by atoms with Crippen molar-refractivity contribution in [1.29, 1.82) is 0 Å². The van der Waals surface area contributed by atoms with E-state index in [9.17, 15) is 9.59 Å². The molecule has 2 amide bonds. The molecule has 6 heteroatoms. The summed E-state index contributed by atoms with van der Waals surface area (Å²) in [7, 11) is 0. The molecule has 0 aliphatic heterocycles. The van der Waals surface area contributed by atoms with Crippen LogP contribution in [0, 0.1) is 11.3 Å². The second-order valence-corrected chi connectivity index (χ2v) is 9.79. The molecule has 0 saturated heterocycles. The van der Waals surface area contributed by atoms with Gasteiger partial charge < -0.3 is 0 Å². The Morgan fingerprint density at radius 3 is 2.38 bits per heavy atom. The van der Waals surface area contributed by atoms with Crippen molar-refractivity contribution in [2.45, 2.75) is 28.9 Å². The third-order valence-electron chi connectivity index (χ3n) is 4.41. The van der Waals surface area contributed by atoms with Crippen LogP contribution in [0.1, 0.15) is 31.2 Å². The quantitative estimate of drug-likeness (QED) is 0.589. The zero-order valence-electron chi connectivity index (χ0n) is 11.5. The van der Waals surface area contributed by atoms with E-state index >= 15 is 0 Å². The van der Waals surface area contributed by atoms with Crippen LogP contribution in [-0.4, -0.2) is 15.0 Å². The molecule has 3 rings (SSSR count). The van der Waals surface area contributed by atoms with Crippen molar-refractivity contribution < 1.29 is 9.59 Å². The first-order valence-corrected chi connectivity index (χ1v) is 8.47. The smallest absolute Gasteiger partial charge is 0.246 e. The first-order valence-electron chi connectivity index (χ1n) is 6.88. The second-order valence-electron chi connectivity index (χ2n) is 6.02. The maximum atomic E-state index is 12.1. The number of amides is 2. The number of halogens is 2. The van der Waals surface area contributed by atoms with Crippen molar-refractivity contribution in [1.82, 2.24) is 10.9 Å². The molecule has 2 fully saturated rings. The highest BCUT2D eigenvalue weighted by atomic mass is 79.9. The van der Waals surface area contributed by atoms with Crippen LogP contribution in [0.3, 0.4) is 0 Å². The Morgan fingerprint density at radius 1 is 1.19 bits per heavy atom. The summed E-state index contributed by atoms with van der Waals surface area (Å²) in [5.41, 5.74) is 5.74. The minimum absolute atomic E-state index is 0.0441. The van der Waals surface area contributed by atoms with Crippen LogP contribution in [0.4, 0.5) is 0 Å². The lowest BCUT2D eigenvalue weighted by atomic mass is 10.1. The summed E-state index contributed by atoms with van der Waals surface area (Å²) in [6.45, 7) is 1.85. The fourth-order valence-corrected chi connectivity index (χ4v) is 4.03. The molecule has 1 aromatic rings. The van der Waals surface area contributed by atoms with Crippen molar-refractivity contribution in [2.24, 2.45) is 11.3 Å². The van der Waals surface area contributed by atoms with E-state index in [-0.39, 0.29) is 26.9 Å². The second kappa shape index (κ2) is 5.09. The molecule has 1 aromatic carbocycles. The zero-order chi connectivity index (χ0) is 15.3. The van der Waals surface area contributed by atoms with Gasteiger partial charge in [0.2, 0.25) is 11.8 Å². The number of rotatable bonds is 3. The van der Waals surface area contributed by atoms with Gasteiger partial charge in [-0.2, -0.15) is 0 Å². The monoisotopic (exact) mass is 414 g/mol. The maximum absolute atomic E-state index is 12.1. The number of nitrogens with one attached hydrogen (secondary N) is 2. The van der Waals surface area contributed by atoms with E-state index in [4.69, 9.17) is 0 Å². The average molecular weight is 416 g/mol. The van der Waals surface area contributed by atoms with Crippen molar-refractivity contribution in [3.05, 3.63) is 35.9 Å². The van der Waals surface area contributed by atoms with Crippen molar-refractivity contribution in [2.75, 3.05) is 0 Å². The molecule has 2 N–H and O–H groups in total. The molecule has 4 nitrogen and oxygen atoms in total. The number of hydrogen-bond acceptors (Lipinski definition) is 2. The summed E-state index contributed by atoms with van der Waals surface area (Å²) in [5, 5.41) is 0. The maximum Gasteiger partial charge on any atom is 0.246 e. The summed E-state index contributed by atoms with van der Waals surface area (Å²) in [6, 6.07) is 9.98. The third-order valence-corrected chi connectivity index (χ3v) is 6.72. The van der Waals surface area contributed by atoms with Crippen molar-refractivity contribution >= 4 is 43.7 Å². The number of hydrogen-bond donors (Lipinski definition) is 2. The minimum Gasteiger partial charge on any atom is -0.273 e. The van der Waals surface area contributed by atoms with Gasteiger partial charge in [-0.05, 0) is 31.2 Å². The standard InChI is InChI=1S/C15H16Br2N2O2/c1-14(8-15(14,16)17)13(21)19-18-12(20)11-7-10(11)9-5-3-2-4-6-9/h2-6,10-11H,7-8H2,1H3,(H,18,20)(H,19,21)/t10-,11-,14-/m1/s1. The molecule has 21 heavy (non-hydrogen) atoms. The number of carbonyl (C=O) groups excluding carboxylic acids is 2. The summed E-state index contributed by atoms with van der Waals surface area (Å²) in [6.07, 6.45) is 1.53. The van der Waals surface area contributed by atoms with E-state index in [2.05, 4.69) is 42.7 Å². The SMILES string of the molecule is C[C@]1(C(=O)NNC(=O)[C@@H]2C[C@@H]2c2ccccc2)CC1(Br)Br. The predicted octanol–water partition coefficient (Wildman–Crippen LogP) is 2.83. The fourth-order valence-electron chi connectivity index (χ4n) is 2.55. The molecule has 2 aliphatic carbocycles. The van der Waals surface area contributed by atoms with Gasteiger partial charge in [0.15, 0.2) is 0 Å². The summed E-state index contributed by atoms with van der Waals surface area (Å²) >= 11 is 6.88. The average Bonchev–Trinajstić information content (AvgIpc) is 3.33. The molecule has 112 valence electrons. The number of alkyl halides is 2. The molecule has 0 radical (unpaired) electrons. The Morgan fingerprint density at radius 2 is 1.81 bits per heavy atom. The Hall–Kier alpha value is -0.880. The summed E-state index contributed by atoms with van der Waals surface area (Å²) in [4.78, 5) is 24.1. The van der Waals surface area contributed by atoms with Crippen LogP contribution < -0.4 is 10.9 Å². The van der Waals surface area contributed by atoms with Gasteiger partial charge in [-0.25, -0.2) is 0 Å². The lowest BCUT2D eigenvalue weighted by Gasteiger charge is -2.13. The molecule has 2 saturated carbocycles. The third kappa shape index (κ3) is 2.75. The molecular formula is C15H16Br2N2O2. The molecule has 3 atom stereocenters. The molecule has 0 aromatic heterocycles. The molecule has 2 aliphatic rings. The predicted molar refractivity (Wildman–Crippen MR) is 86.9 cm³/mol. The fraction of sp³-hybridized carbons (Fsp3) is 0.467. The van der Waals surface area contributed by atoms with E-state index in [1.54, 1.807) is 0 Å². The summed E-state index contributed by atoms with van der Waals surface area (Å²) in [5.74, 6) is -0.0684. The Balaban J connectivity index is 1.50. The van der Waals surface area contributed by atoms with E-state index in [1.165, 1.54) is 5.56 Å². The van der Waals surface area contributed by atoms with Crippen LogP contribution in [0.2, 0.25) is 0 Å². The van der Waals surface area contributed by atoms with Crippen LogP contribution >= 0.6 is 31.9 Å². The Bertz CT molecular complexity index is 591. The van der Waals surface area contributed by atoms with Gasteiger partial charge in [0.1, 0.15) is 0 Å². The van der Waals surface area contributed by atoms with Crippen LogP contribution in [0.5, 0.6) is 0 Å². The number of hydrazine groups is 1. The molecule has 0 spiro atoms. The highest BCUT2D eigenvalue weighted by Gasteiger charge is 2.66. The van der Waals surface area contributed by atoms with E-state index in [0.717, 1.165) is 6.42 Å². The van der Waals surface area contributed by atoms with Crippen LogP contribution in [0.15, 0.2) is 30.3 Å². The van der Waals surface area contributed by atoms with E-state index in [0.29, 0.717) is 6.42 Å². The molecule has 0 bridgehead atoms. The van der Waals surface area contributed by atoms with Crippen LogP contribution in [-0.2, 0) is 9.59 Å². The molecule has 0 unspecified atom stereocenters. The van der Waals surface area contributed by atoms with Crippen LogP contribution in [0.25, 0.3) is 0 Å². The topological polar surface area (TPSA) is 58.2 Å². The first-order chi connectivity index (χ1) is 9.85. The lowest BCUT2D eigenvalue weighted by Crippen LogP contribution is -2.46. The van der Waals surface area contributed by atoms with Gasteiger partial charge >= 0.3 is 0 Å². The first kappa shape index (κ1) is 15.0. The Labute approximate surface area is 140 Å². The van der Waals surface area contributed by atoms with Gasteiger partial charge in [-0.1, -0.05) is 62.2 Å². The minimum atomic E-state index is -0.525. The zero-order valence-corrected chi connectivity index (χ0v) is 14.7. The van der Waals surface area contributed by atoms with Crippen molar-refractivity contribution in [3.63, 3.8) is 0 Å². The molecular weight excluding hydrogens is 400 g/mol. The van der Waals surface area contributed by atoms with Gasteiger partial charge in [-0.15, -0.1) is 0 Å². The van der Waals surface area contributed by atoms with E-state index in [1.807, 2.05) is 37.3 Å². The number of benzene rings is 1. The normalized spacial score (nSPS) is 32.1. The van der Waals surface area contributed by atoms with Gasteiger partial charge in [0.25, 0.3) is 0 Å². The van der Waals surface area contributed by atoms with E-state index < -0.39 is 5.41 Å². The molecule has 0 heterocycles. The van der Waals surface area contributed by atoms with Crippen molar-refractivity contribution in [3.8, 4) is 0 Å². The Kier molecular flexibility index (Phi) is 3.64. The summed E-state index contributed by atoms with van der Waals surface area (Å²) < 4.78 is -0.353. The highest BCUT2D eigenvalue weighted by Crippen LogP contribution is 2.66. The highest BCUT2D eigenvalue weighted by molar-refractivity contribution is 9.25. The van der Waals surface area contributed by atoms with Gasteiger partial charge in [0.05, 0.1) is 8.65 Å². The number of carbonyl (C=O) groups is 2. The lowest BCUT2D eigenvalue weighted by molar-refractivity contribution is -0.132. The van der Waals surface area contributed by atoms with Gasteiger partial charge in [-0.3, -0.25) is 20.4 Å². The van der Waals surface area contributed by atoms with Gasteiger partial charge in [0, 0.05) is 5.92 Å². The largest absolute Gasteiger partial charge is 0.273 e.